The molecule has 0 saturated carbocycles. The minimum Gasteiger partial charge on any atom is -0.480 e. The van der Waals surface area contributed by atoms with Crippen LogP contribution in [-0.2, 0) is 9.59 Å². The summed E-state index contributed by atoms with van der Waals surface area (Å²) in [6, 6.07) is 9.67. The highest BCUT2D eigenvalue weighted by Gasteiger charge is 2.27. The maximum absolute atomic E-state index is 12.7. The van der Waals surface area contributed by atoms with Gasteiger partial charge < -0.3 is 15.3 Å². The number of fused-ring (bicyclic) bond motifs is 1. The van der Waals surface area contributed by atoms with Gasteiger partial charge in [0.05, 0.1) is 5.52 Å². The molecule has 1 unspecified atom stereocenters. The van der Waals surface area contributed by atoms with Crippen LogP contribution in [0, 0.1) is 0 Å². The number of pyridine rings is 1. The molecular formula is C17H19N3O4. The zero-order valence-corrected chi connectivity index (χ0v) is 13.5. The molecule has 2 N–H and O–H groups in total. The molecule has 0 aliphatic rings. The second-order valence-electron chi connectivity index (χ2n) is 5.38. The molecule has 126 valence electrons. The van der Waals surface area contributed by atoms with Crippen LogP contribution < -0.4 is 5.32 Å². The van der Waals surface area contributed by atoms with Crippen LogP contribution in [0.1, 0.15) is 24.3 Å². The Bertz CT molecular complexity index is 775. The number of rotatable bonds is 6. The second kappa shape index (κ2) is 7.54. The van der Waals surface area contributed by atoms with Crippen LogP contribution in [0.2, 0.25) is 0 Å². The predicted molar refractivity (Wildman–Crippen MR) is 88.6 cm³/mol. The van der Waals surface area contributed by atoms with Crippen LogP contribution in [0.3, 0.4) is 0 Å². The number of carboxylic acids is 1. The van der Waals surface area contributed by atoms with Crippen molar-refractivity contribution in [2.24, 2.45) is 0 Å². The number of benzene rings is 1. The van der Waals surface area contributed by atoms with E-state index in [1.807, 2.05) is 18.2 Å². The number of para-hydroxylation sites is 1. The number of hydrogen-bond donors (Lipinski definition) is 2. The van der Waals surface area contributed by atoms with Crippen LogP contribution >= 0.6 is 0 Å². The molecule has 2 amide bonds. The molecule has 1 aromatic heterocycles. The maximum Gasteiger partial charge on any atom is 0.326 e. The lowest BCUT2D eigenvalue weighted by atomic mass is 10.2. The summed E-state index contributed by atoms with van der Waals surface area (Å²) >= 11 is 0. The van der Waals surface area contributed by atoms with Gasteiger partial charge in [-0.3, -0.25) is 9.59 Å². The van der Waals surface area contributed by atoms with Gasteiger partial charge >= 0.3 is 5.97 Å². The topological polar surface area (TPSA) is 99.6 Å². The summed E-state index contributed by atoms with van der Waals surface area (Å²) in [7, 11) is 0. The first-order valence-electron chi connectivity index (χ1n) is 7.54. The number of carboxylic acid groups (broad SMARTS) is 1. The molecule has 0 aliphatic heterocycles. The summed E-state index contributed by atoms with van der Waals surface area (Å²) in [5, 5.41) is 12.7. The van der Waals surface area contributed by atoms with Crippen LogP contribution in [0.15, 0.2) is 36.4 Å². The van der Waals surface area contributed by atoms with Crippen molar-refractivity contribution >= 4 is 28.7 Å². The molecule has 1 heterocycles. The minimum absolute atomic E-state index is 0.0837. The average molecular weight is 329 g/mol. The molecule has 0 radical (unpaired) electrons. The molecule has 0 saturated heterocycles. The molecule has 7 heteroatoms. The highest BCUT2D eigenvalue weighted by molar-refractivity contribution is 5.97. The average Bonchev–Trinajstić information content (AvgIpc) is 2.56. The van der Waals surface area contributed by atoms with Gasteiger partial charge in [-0.05, 0) is 19.1 Å². The number of carbonyl (C=O) groups is 3. The van der Waals surface area contributed by atoms with E-state index in [2.05, 4.69) is 10.3 Å². The lowest BCUT2D eigenvalue weighted by Crippen LogP contribution is -2.47. The number of aliphatic carboxylic acids is 1. The van der Waals surface area contributed by atoms with Crippen molar-refractivity contribution in [2.45, 2.75) is 19.9 Å². The monoisotopic (exact) mass is 329 g/mol. The summed E-state index contributed by atoms with van der Waals surface area (Å²) in [5.74, 6) is -1.85. The molecule has 1 aromatic carbocycles. The van der Waals surface area contributed by atoms with E-state index in [0.717, 1.165) is 5.39 Å². The first-order chi connectivity index (χ1) is 11.4. The summed E-state index contributed by atoms with van der Waals surface area (Å²) in [4.78, 5) is 40.5. The maximum atomic E-state index is 12.7. The van der Waals surface area contributed by atoms with E-state index < -0.39 is 17.9 Å². The zero-order valence-electron chi connectivity index (χ0n) is 13.5. The Balaban J connectivity index is 2.26. The van der Waals surface area contributed by atoms with Gasteiger partial charge in [0.25, 0.3) is 5.91 Å². The van der Waals surface area contributed by atoms with Crippen LogP contribution in [-0.4, -0.2) is 51.9 Å². The Kier molecular flexibility index (Phi) is 5.47. The van der Waals surface area contributed by atoms with Crippen molar-refractivity contribution in [2.75, 3.05) is 13.1 Å². The Hall–Kier alpha value is -2.96. The smallest absolute Gasteiger partial charge is 0.326 e. The van der Waals surface area contributed by atoms with Crippen LogP contribution in [0.25, 0.3) is 10.9 Å². The Morgan fingerprint density at radius 1 is 1.21 bits per heavy atom. The lowest BCUT2D eigenvalue weighted by Gasteiger charge is -2.26. The Labute approximate surface area is 139 Å². The van der Waals surface area contributed by atoms with Crippen LogP contribution in [0.4, 0.5) is 0 Å². The van der Waals surface area contributed by atoms with E-state index in [-0.39, 0.29) is 24.7 Å². The minimum atomic E-state index is -1.12. The van der Waals surface area contributed by atoms with E-state index >= 15 is 0 Å². The van der Waals surface area contributed by atoms with E-state index in [0.29, 0.717) is 5.52 Å². The fourth-order valence-electron chi connectivity index (χ4n) is 2.29. The summed E-state index contributed by atoms with van der Waals surface area (Å²) < 4.78 is 0. The number of nitrogens with zero attached hydrogens (tertiary/aromatic N) is 2. The third-order valence-corrected chi connectivity index (χ3v) is 3.63. The fourth-order valence-corrected chi connectivity index (χ4v) is 2.29. The van der Waals surface area contributed by atoms with Gasteiger partial charge in [0, 0.05) is 25.4 Å². The Morgan fingerprint density at radius 3 is 2.58 bits per heavy atom. The van der Waals surface area contributed by atoms with Gasteiger partial charge in [-0.25, -0.2) is 9.78 Å². The van der Waals surface area contributed by atoms with Gasteiger partial charge in [0.2, 0.25) is 5.91 Å². The molecular weight excluding hydrogens is 310 g/mol. The van der Waals surface area contributed by atoms with Crippen molar-refractivity contribution in [1.29, 1.82) is 0 Å². The molecule has 2 rings (SSSR count). The van der Waals surface area contributed by atoms with Gasteiger partial charge in [-0.2, -0.15) is 0 Å². The van der Waals surface area contributed by atoms with Crippen molar-refractivity contribution in [1.82, 2.24) is 15.2 Å². The van der Waals surface area contributed by atoms with E-state index in [1.54, 1.807) is 18.2 Å². The number of nitrogens with one attached hydrogen (secondary N) is 1. The normalized spacial score (nSPS) is 11.8. The van der Waals surface area contributed by atoms with Crippen molar-refractivity contribution in [3.8, 4) is 0 Å². The molecule has 0 aliphatic carbocycles. The first kappa shape index (κ1) is 17.4. The standard InChI is InChI=1S/C17H19N3O4/c1-11(17(23)24)20(10-9-18-12(2)21)16(22)15-8-7-13-5-3-4-6-14(13)19-15/h3-8,11H,9-10H2,1-2H3,(H,18,21)(H,23,24). The fraction of sp³-hybridized carbons (Fsp3) is 0.294. The lowest BCUT2D eigenvalue weighted by molar-refractivity contribution is -0.141. The Morgan fingerprint density at radius 2 is 1.92 bits per heavy atom. The number of hydrogen-bond acceptors (Lipinski definition) is 4. The molecule has 0 bridgehead atoms. The van der Waals surface area contributed by atoms with E-state index in [9.17, 15) is 19.5 Å². The SMILES string of the molecule is CC(=O)NCCN(C(=O)c1ccc2ccccc2n1)C(C)C(=O)O. The predicted octanol–water partition coefficient (Wildman–Crippen LogP) is 1.29. The van der Waals surface area contributed by atoms with E-state index in [4.69, 9.17) is 0 Å². The van der Waals surface area contributed by atoms with Crippen molar-refractivity contribution in [3.05, 3.63) is 42.1 Å². The van der Waals surface area contributed by atoms with Gasteiger partial charge in [-0.1, -0.05) is 24.3 Å². The van der Waals surface area contributed by atoms with Gasteiger partial charge in [0.1, 0.15) is 11.7 Å². The summed E-state index contributed by atoms with van der Waals surface area (Å²) in [6.45, 7) is 3.04. The van der Waals surface area contributed by atoms with E-state index in [1.165, 1.54) is 18.7 Å². The van der Waals surface area contributed by atoms with Crippen molar-refractivity contribution in [3.63, 3.8) is 0 Å². The third kappa shape index (κ3) is 4.07. The highest BCUT2D eigenvalue weighted by Crippen LogP contribution is 2.14. The first-order valence-corrected chi connectivity index (χ1v) is 7.54. The molecule has 0 fully saturated rings. The molecule has 24 heavy (non-hydrogen) atoms. The van der Waals surface area contributed by atoms with Crippen molar-refractivity contribution < 1.29 is 19.5 Å². The summed E-state index contributed by atoms with van der Waals surface area (Å²) in [5.41, 5.74) is 0.831. The molecule has 2 aromatic rings. The zero-order chi connectivity index (χ0) is 17.7. The van der Waals surface area contributed by atoms with Crippen LogP contribution in [0.5, 0.6) is 0 Å². The molecule has 1 atom stereocenters. The largest absolute Gasteiger partial charge is 0.480 e. The number of amides is 2. The molecule has 0 spiro atoms. The number of carbonyl (C=O) groups excluding carboxylic acids is 2. The third-order valence-electron chi connectivity index (χ3n) is 3.63. The number of aromatic nitrogens is 1. The second-order valence-corrected chi connectivity index (χ2v) is 5.38. The van der Waals surface area contributed by atoms with Gasteiger partial charge in [-0.15, -0.1) is 0 Å². The highest BCUT2D eigenvalue weighted by atomic mass is 16.4. The van der Waals surface area contributed by atoms with Gasteiger partial charge in [0.15, 0.2) is 0 Å². The summed E-state index contributed by atoms with van der Waals surface area (Å²) in [6.07, 6.45) is 0. The quantitative estimate of drug-likeness (QED) is 0.832. The molecule has 7 nitrogen and oxygen atoms in total.